The molecule has 0 saturated heterocycles. The molecule has 0 bridgehead atoms. The maximum Gasteiger partial charge on any atom is 3.00 e. The molecule has 0 unspecified atom stereocenters. The molecule has 3 aromatic rings. The van der Waals surface area contributed by atoms with Crippen LogP contribution in [0.1, 0.15) is 141 Å². The van der Waals surface area contributed by atoms with E-state index in [0.29, 0.717) is 24.2 Å². The van der Waals surface area contributed by atoms with Crippen LogP contribution in [0.2, 0.25) is 0 Å². The van der Waals surface area contributed by atoms with E-state index >= 15 is 0 Å². The van der Waals surface area contributed by atoms with E-state index in [1.807, 2.05) is 36.4 Å². The fraction of sp³-hybridized carbons (Fsp3) is 0.512. The molecule has 6 heteroatoms. The van der Waals surface area contributed by atoms with Gasteiger partial charge in [-0.1, -0.05) is 157 Å². The minimum Gasteiger partial charge on any atom is -0.872 e. The first-order chi connectivity index (χ1) is 20.9. The van der Waals surface area contributed by atoms with E-state index in [4.69, 9.17) is 9.98 Å². The van der Waals surface area contributed by atoms with Crippen LogP contribution in [0, 0.1) is 0 Å². The predicted molar refractivity (Wildman–Crippen MR) is 197 cm³/mol. The summed E-state index contributed by atoms with van der Waals surface area (Å²) in [5.41, 5.74) is 6.56. The van der Waals surface area contributed by atoms with Gasteiger partial charge < -0.3 is 15.3 Å². The molecule has 0 fully saturated rings. The number of rotatable bonds is 6. The van der Waals surface area contributed by atoms with Crippen molar-refractivity contribution in [2.24, 2.45) is 9.98 Å². The molecule has 0 aliphatic heterocycles. The van der Waals surface area contributed by atoms with Gasteiger partial charge in [0.25, 0.3) is 0 Å². The fourth-order valence-electron chi connectivity index (χ4n) is 4.83. The minimum atomic E-state index is -0.417. The van der Waals surface area contributed by atoms with Gasteiger partial charge in [-0.3, -0.25) is 9.98 Å². The van der Waals surface area contributed by atoms with E-state index < -0.39 is 6.10 Å². The molecule has 0 heterocycles. The van der Waals surface area contributed by atoms with E-state index in [2.05, 4.69) is 95.2 Å². The van der Waals surface area contributed by atoms with Gasteiger partial charge >= 0.3 is 17.4 Å². The van der Waals surface area contributed by atoms with Gasteiger partial charge in [-0.2, -0.15) is 0 Å². The van der Waals surface area contributed by atoms with Crippen molar-refractivity contribution in [3.63, 3.8) is 0 Å². The van der Waals surface area contributed by atoms with Gasteiger partial charge in [0, 0.05) is 12.4 Å². The number of nitrogens with zero attached hydrogens (tertiary/aromatic N) is 2. The third-order valence-electron chi connectivity index (χ3n) is 7.69. The van der Waals surface area contributed by atoms with Crippen LogP contribution >= 0.6 is 0 Å². The largest absolute Gasteiger partial charge is 3.00 e. The molecule has 0 spiro atoms. The standard InChI is InChI=1S/C38H52N2O2.C3H7O.Al/c1-35(2,3)29-17-27(33(41)31(19-29)37(7,8)9)23-39-21-25-15-13-14-16-26(25)22-40-24-28-18-30(36(4,5)6)20-32(34(28)42)38(10,11)12;1-3(2)4;/h13-20,23-24,41-42H,21-22H2,1-12H3;3H,1-2H3;/q;-1;+3/p-2. The monoisotopic (exact) mass is 652 g/mol. The number of hydrogen-bond donors (Lipinski definition) is 0. The molecule has 47 heavy (non-hydrogen) atoms. The molecule has 0 aromatic heterocycles. The van der Waals surface area contributed by atoms with Crippen molar-refractivity contribution in [2.75, 3.05) is 0 Å². The Balaban J connectivity index is 0.00000208. The second-order valence-electron chi connectivity index (χ2n) is 16.6. The van der Waals surface area contributed by atoms with Crippen molar-refractivity contribution >= 4 is 29.8 Å². The van der Waals surface area contributed by atoms with Crippen molar-refractivity contribution in [3.05, 3.63) is 93.0 Å². The van der Waals surface area contributed by atoms with E-state index in [0.717, 1.165) is 33.4 Å². The van der Waals surface area contributed by atoms with Crippen molar-refractivity contribution in [3.8, 4) is 11.5 Å². The Labute approximate surface area is 296 Å². The van der Waals surface area contributed by atoms with Gasteiger partial charge in [-0.05, 0) is 66.2 Å². The second-order valence-corrected chi connectivity index (χ2v) is 16.6. The Morgan fingerprint density at radius 1 is 0.574 bits per heavy atom. The Kier molecular flexibility index (Phi) is 14.8. The van der Waals surface area contributed by atoms with Crippen LogP contribution in [0.3, 0.4) is 0 Å². The first-order valence-corrected chi connectivity index (χ1v) is 16.4. The molecule has 0 atom stereocenters. The SMILES string of the molecule is CC(C)(C)c1cc(C=NCc2ccccc2CN=Cc2cc(C(C)(C)C)cc(C(C)(C)C)c2[O-])c([O-])c(C(C)(C)C)c1.CC(C)[O-].[Al+3]. The number of aliphatic imine (C=N–C) groups is 2. The van der Waals surface area contributed by atoms with Crippen molar-refractivity contribution in [1.82, 2.24) is 0 Å². The van der Waals surface area contributed by atoms with Crippen LogP contribution in [0.4, 0.5) is 0 Å². The smallest absolute Gasteiger partial charge is 0.872 e. The third kappa shape index (κ3) is 12.6. The summed E-state index contributed by atoms with van der Waals surface area (Å²) in [5, 5.41) is 36.2. The molecule has 0 N–H and O–H groups in total. The number of benzene rings is 3. The summed E-state index contributed by atoms with van der Waals surface area (Å²) in [6, 6.07) is 16.2. The summed E-state index contributed by atoms with van der Waals surface area (Å²) in [6.45, 7) is 29.5. The molecule has 0 aliphatic rings. The first kappa shape index (κ1) is 42.1. The maximum absolute atomic E-state index is 13.3. The summed E-state index contributed by atoms with van der Waals surface area (Å²) in [7, 11) is 0. The fourth-order valence-corrected chi connectivity index (χ4v) is 4.83. The molecule has 0 saturated carbocycles. The number of hydrogen-bond acceptors (Lipinski definition) is 5. The molecule has 0 aliphatic carbocycles. The van der Waals surface area contributed by atoms with Gasteiger partial charge in [0.2, 0.25) is 0 Å². The van der Waals surface area contributed by atoms with Gasteiger partial charge in [-0.25, -0.2) is 0 Å². The summed E-state index contributed by atoms with van der Waals surface area (Å²) in [4.78, 5) is 9.42. The summed E-state index contributed by atoms with van der Waals surface area (Å²) in [6.07, 6.45) is 3.03. The van der Waals surface area contributed by atoms with Crippen LogP contribution in [-0.4, -0.2) is 35.9 Å². The topological polar surface area (TPSA) is 93.9 Å². The quantitative estimate of drug-likeness (QED) is 0.202. The van der Waals surface area contributed by atoms with Crippen LogP contribution in [0.15, 0.2) is 58.5 Å². The van der Waals surface area contributed by atoms with Crippen LogP contribution in [-0.2, 0) is 34.7 Å². The molecular weight excluding hydrogens is 595 g/mol. The molecule has 252 valence electrons. The molecule has 0 amide bonds. The van der Waals surface area contributed by atoms with Crippen molar-refractivity contribution < 1.29 is 15.3 Å². The molecular formula is C41H57AlN2O3. The summed E-state index contributed by atoms with van der Waals surface area (Å²) >= 11 is 0. The Hall–Kier alpha value is -2.91. The second kappa shape index (κ2) is 16.5. The predicted octanol–water partition coefficient (Wildman–Crippen LogP) is 7.64. The first-order valence-electron chi connectivity index (χ1n) is 16.4. The Morgan fingerprint density at radius 3 is 1.13 bits per heavy atom. The van der Waals surface area contributed by atoms with Gasteiger partial charge in [-0.15, -0.1) is 6.10 Å². The summed E-state index contributed by atoms with van der Waals surface area (Å²) in [5.74, 6) is 0.0790. The van der Waals surface area contributed by atoms with Crippen LogP contribution in [0.5, 0.6) is 11.5 Å². The van der Waals surface area contributed by atoms with E-state index in [1.54, 1.807) is 26.3 Å². The van der Waals surface area contributed by atoms with E-state index in [-0.39, 0.29) is 50.5 Å². The van der Waals surface area contributed by atoms with Crippen LogP contribution in [0.25, 0.3) is 0 Å². The van der Waals surface area contributed by atoms with Gasteiger partial charge in [0.05, 0.1) is 13.1 Å². The molecule has 3 rings (SSSR count). The van der Waals surface area contributed by atoms with Gasteiger partial charge in [0.15, 0.2) is 0 Å². The Bertz CT molecular complexity index is 1410. The normalized spacial score (nSPS) is 12.8. The zero-order valence-corrected chi connectivity index (χ0v) is 32.6. The average molecular weight is 653 g/mol. The maximum atomic E-state index is 13.3. The van der Waals surface area contributed by atoms with Gasteiger partial charge in [0.1, 0.15) is 0 Å². The van der Waals surface area contributed by atoms with Crippen molar-refractivity contribution in [2.45, 2.75) is 138 Å². The average Bonchev–Trinajstić information content (AvgIpc) is 2.88. The van der Waals surface area contributed by atoms with E-state index in [9.17, 15) is 15.3 Å². The summed E-state index contributed by atoms with van der Waals surface area (Å²) < 4.78 is 0. The molecule has 0 radical (unpaired) electrons. The van der Waals surface area contributed by atoms with Crippen molar-refractivity contribution in [1.29, 1.82) is 0 Å². The van der Waals surface area contributed by atoms with E-state index in [1.165, 1.54) is 0 Å². The van der Waals surface area contributed by atoms with Crippen LogP contribution < -0.4 is 15.3 Å². The zero-order chi connectivity index (χ0) is 35.3. The zero-order valence-electron chi connectivity index (χ0n) is 31.5. The minimum absolute atomic E-state index is 0. The molecule has 3 aromatic carbocycles. The third-order valence-corrected chi connectivity index (χ3v) is 7.69. The Morgan fingerprint density at radius 2 is 0.872 bits per heavy atom. The molecule has 5 nitrogen and oxygen atoms in total.